The van der Waals surface area contributed by atoms with Crippen LogP contribution in [-0.2, 0) is 0 Å². The third-order valence-electron chi connectivity index (χ3n) is 3.37. The number of hydrogen-bond acceptors (Lipinski definition) is 3. The normalized spacial score (nSPS) is 15.3. The number of aromatic nitrogens is 1. The molecular weight excluding hydrogens is 240 g/mol. The van der Waals surface area contributed by atoms with Crippen LogP contribution < -0.4 is 5.73 Å². The SMILES string of the molecule is CC(C)c1nc(-c2cccc(C3CC3)c2)c(N)s1. The molecule has 1 fully saturated rings. The maximum Gasteiger partial charge on any atom is 0.114 e. The van der Waals surface area contributed by atoms with E-state index in [1.807, 2.05) is 0 Å². The number of nitrogen functional groups attached to an aromatic ring is 1. The van der Waals surface area contributed by atoms with Crippen LogP contribution in [0.15, 0.2) is 24.3 Å². The maximum absolute atomic E-state index is 6.11. The third kappa shape index (κ3) is 2.15. The monoisotopic (exact) mass is 258 g/mol. The second-order valence-corrected chi connectivity index (χ2v) is 6.38. The van der Waals surface area contributed by atoms with Crippen molar-refractivity contribution >= 4 is 16.3 Å². The van der Waals surface area contributed by atoms with Crippen molar-refractivity contribution in [1.82, 2.24) is 4.98 Å². The molecule has 0 aliphatic heterocycles. The van der Waals surface area contributed by atoms with E-state index in [0.29, 0.717) is 5.92 Å². The predicted octanol–water partition coefficient (Wildman–Crippen LogP) is 4.39. The molecule has 1 aliphatic carbocycles. The Hall–Kier alpha value is -1.35. The minimum absolute atomic E-state index is 0.442. The van der Waals surface area contributed by atoms with Crippen molar-refractivity contribution in [2.75, 3.05) is 5.73 Å². The van der Waals surface area contributed by atoms with Gasteiger partial charge < -0.3 is 5.73 Å². The van der Waals surface area contributed by atoms with E-state index in [9.17, 15) is 0 Å². The van der Waals surface area contributed by atoms with Crippen LogP contribution >= 0.6 is 11.3 Å². The molecule has 1 saturated carbocycles. The molecule has 0 radical (unpaired) electrons. The lowest BCUT2D eigenvalue weighted by Crippen LogP contribution is -1.89. The molecule has 3 heteroatoms. The molecule has 18 heavy (non-hydrogen) atoms. The highest BCUT2D eigenvalue weighted by molar-refractivity contribution is 7.16. The fraction of sp³-hybridized carbons (Fsp3) is 0.400. The van der Waals surface area contributed by atoms with Gasteiger partial charge in [-0.1, -0.05) is 32.0 Å². The van der Waals surface area contributed by atoms with Crippen molar-refractivity contribution in [2.45, 2.75) is 38.5 Å². The van der Waals surface area contributed by atoms with Crippen molar-refractivity contribution in [1.29, 1.82) is 0 Å². The molecule has 0 atom stereocenters. The van der Waals surface area contributed by atoms with Gasteiger partial charge in [-0.05, 0) is 30.4 Å². The van der Waals surface area contributed by atoms with Crippen LogP contribution in [0, 0.1) is 0 Å². The molecule has 0 amide bonds. The van der Waals surface area contributed by atoms with Crippen molar-refractivity contribution in [3.63, 3.8) is 0 Å². The summed E-state index contributed by atoms with van der Waals surface area (Å²) in [7, 11) is 0. The Kier molecular flexibility index (Phi) is 2.86. The summed E-state index contributed by atoms with van der Waals surface area (Å²) in [6.45, 7) is 4.31. The Balaban J connectivity index is 2.00. The Morgan fingerprint density at radius 3 is 2.72 bits per heavy atom. The highest BCUT2D eigenvalue weighted by Gasteiger charge is 2.24. The van der Waals surface area contributed by atoms with Gasteiger partial charge in [-0.3, -0.25) is 0 Å². The van der Waals surface area contributed by atoms with E-state index < -0.39 is 0 Å². The summed E-state index contributed by atoms with van der Waals surface area (Å²) in [4.78, 5) is 4.69. The molecule has 94 valence electrons. The summed E-state index contributed by atoms with van der Waals surface area (Å²) in [6, 6.07) is 8.71. The highest BCUT2D eigenvalue weighted by atomic mass is 32.1. The van der Waals surface area contributed by atoms with Gasteiger partial charge in [0.25, 0.3) is 0 Å². The van der Waals surface area contributed by atoms with Crippen LogP contribution in [0.25, 0.3) is 11.3 Å². The van der Waals surface area contributed by atoms with E-state index in [0.717, 1.165) is 21.6 Å². The summed E-state index contributed by atoms with van der Waals surface area (Å²) < 4.78 is 0. The highest BCUT2D eigenvalue weighted by Crippen LogP contribution is 2.42. The summed E-state index contributed by atoms with van der Waals surface area (Å²) in [5, 5.41) is 1.96. The molecule has 2 aromatic rings. The summed E-state index contributed by atoms with van der Waals surface area (Å²) in [5.74, 6) is 1.21. The molecule has 2 nitrogen and oxygen atoms in total. The second kappa shape index (κ2) is 4.39. The molecule has 1 aromatic carbocycles. The van der Waals surface area contributed by atoms with Crippen molar-refractivity contribution in [3.05, 3.63) is 34.8 Å². The third-order valence-corrected chi connectivity index (χ3v) is 4.56. The van der Waals surface area contributed by atoms with Gasteiger partial charge >= 0.3 is 0 Å². The van der Waals surface area contributed by atoms with E-state index in [2.05, 4.69) is 38.1 Å². The van der Waals surface area contributed by atoms with Gasteiger partial charge in [-0.25, -0.2) is 4.98 Å². The molecular formula is C15H18N2S. The topological polar surface area (TPSA) is 38.9 Å². The number of nitrogens with zero attached hydrogens (tertiary/aromatic N) is 1. The van der Waals surface area contributed by atoms with Crippen LogP contribution in [-0.4, -0.2) is 4.98 Å². The fourth-order valence-corrected chi connectivity index (χ4v) is 3.02. The Morgan fingerprint density at radius 1 is 1.33 bits per heavy atom. The first-order valence-corrected chi connectivity index (χ1v) is 7.33. The minimum atomic E-state index is 0.442. The molecule has 3 rings (SSSR count). The first-order valence-electron chi connectivity index (χ1n) is 6.51. The van der Waals surface area contributed by atoms with Gasteiger partial charge in [-0.15, -0.1) is 11.3 Å². The molecule has 1 heterocycles. The second-order valence-electron chi connectivity index (χ2n) is 5.32. The first-order chi connectivity index (χ1) is 8.65. The van der Waals surface area contributed by atoms with Crippen molar-refractivity contribution in [3.8, 4) is 11.3 Å². The van der Waals surface area contributed by atoms with Crippen LogP contribution in [0.2, 0.25) is 0 Å². The largest absolute Gasteiger partial charge is 0.389 e. The van der Waals surface area contributed by atoms with Gasteiger partial charge in [0.15, 0.2) is 0 Å². The predicted molar refractivity (Wildman–Crippen MR) is 78.0 cm³/mol. The minimum Gasteiger partial charge on any atom is -0.389 e. The van der Waals surface area contributed by atoms with Gasteiger partial charge in [0.2, 0.25) is 0 Å². The number of thiazole rings is 1. The zero-order chi connectivity index (χ0) is 12.7. The standard InChI is InChI=1S/C15H18N2S/c1-9(2)15-17-13(14(16)18-15)12-5-3-4-11(8-12)10-6-7-10/h3-5,8-10H,6-7,16H2,1-2H3. The van der Waals surface area contributed by atoms with Crippen LogP contribution in [0.3, 0.4) is 0 Å². The van der Waals surface area contributed by atoms with Gasteiger partial charge in [0.05, 0.1) is 5.01 Å². The Labute approximate surface area is 112 Å². The molecule has 0 bridgehead atoms. The van der Waals surface area contributed by atoms with Crippen molar-refractivity contribution < 1.29 is 0 Å². The van der Waals surface area contributed by atoms with Crippen LogP contribution in [0.4, 0.5) is 5.00 Å². The zero-order valence-electron chi connectivity index (χ0n) is 10.8. The zero-order valence-corrected chi connectivity index (χ0v) is 11.6. The molecule has 1 aliphatic rings. The van der Waals surface area contributed by atoms with E-state index >= 15 is 0 Å². The van der Waals surface area contributed by atoms with Crippen LogP contribution in [0.1, 0.15) is 49.1 Å². The van der Waals surface area contributed by atoms with Crippen molar-refractivity contribution in [2.24, 2.45) is 0 Å². The van der Waals surface area contributed by atoms with Gasteiger partial charge in [-0.2, -0.15) is 0 Å². The number of nitrogens with two attached hydrogens (primary N) is 1. The molecule has 2 N–H and O–H groups in total. The van der Waals surface area contributed by atoms with Gasteiger partial charge in [0.1, 0.15) is 10.7 Å². The number of benzene rings is 1. The molecule has 0 spiro atoms. The lowest BCUT2D eigenvalue weighted by atomic mass is 10.1. The lowest BCUT2D eigenvalue weighted by molar-refractivity contribution is 0.853. The maximum atomic E-state index is 6.11. The smallest absolute Gasteiger partial charge is 0.114 e. The van der Waals surface area contributed by atoms with E-state index in [1.54, 1.807) is 11.3 Å². The molecule has 0 unspecified atom stereocenters. The average Bonchev–Trinajstić information content (AvgIpc) is 3.12. The molecule has 1 aromatic heterocycles. The Morgan fingerprint density at radius 2 is 2.11 bits per heavy atom. The quantitative estimate of drug-likeness (QED) is 0.886. The van der Waals surface area contributed by atoms with E-state index in [1.165, 1.54) is 24.0 Å². The average molecular weight is 258 g/mol. The summed E-state index contributed by atoms with van der Waals surface area (Å²) >= 11 is 1.61. The lowest BCUT2D eigenvalue weighted by Gasteiger charge is -2.02. The summed E-state index contributed by atoms with van der Waals surface area (Å²) in [5.41, 5.74) is 9.68. The number of anilines is 1. The molecule has 0 saturated heterocycles. The number of rotatable bonds is 3. The number of hydrogen-bond donors (Lipinski definition) is 1. The first kappa shape index (κ1) is 11.7. The van der Waals surface area contributed by atoms with Gasteiger partial charge in [0, 0.05) is 11.5 Å². The van der Waals surface area contributed by atoms with E-state index in [-0.39, 0.29) is 0 Å². The fourth-order valence-electron chi connectivity index (χ4n) is 2.16. The van der Waals surface area contributed by atoms with E-state index in [4.69, 9.17) is 10.7 Å². The van der Waals surface area contributed by atoms with Crippen LogP contribution in [0.5, 0.6) is 0 Å². The summed E-state index contributed by atoms with van der Waals surface area (Å²) in [6.07, 6.45) is 2.65. The Bertz CT molecular complexity index is 568.